The molecule has 0 aromatic heterocycles. The number of benzene rings is 2. The minimum Gasteiger partial charge on any atom is -0.481 e. The van der Waals surface area contributed by atoms with Crippen molar-refractivity contribution in [3.05, 3.63) is 64.7 Å². The van der Waals surface area contributed by atoms with Crippen LogP contribution in [0.1, 0.15) is 27.0 Å². The first kappa shape index (κ1) is 18.3. The molecule has 1 aliphatic carbocycles. The number of carbonyl (C=O) groups excluding carboxylic acids is 1. The molecule has 136 valence electrons. The van der Waals surface area contributed by atoms with E-state index in [0.29, 0.717) is 24.0 Å². The highest BCUT2D eigenvalue weighted by molar-refractivity contribution is 7.89. The summed E-state index contributed by atoms with van der Waals surface area (Å²) < 4.78 is 25.3. The fourth-order valence-electron chi connectivity index (χ4n) is 3.09. The van der Waals surface area contributed by atoms with Crippen LogP contribution >= 0.6 is 0 Å². The topological polar surface area (TPSA) is 91.8 Å². The molecule has 6 nitrogen and oxygen atoms in total. The van der Waals surface area contributed by atoms with Crippen LogP contribution < -0.4 is 0 Å². The molecule has 1 unspecified atom stereocenters. The highest BCUT2D eigenvalue weighted by Crippen LogP contribution is 2.28. The molecule has 0 bridgehead atoms. The zero-order valence-corrected chi connectivity index (χ0v) is 15.3. The lowest BCUT2D eigenvalue weighted by molar-refractivity contribution is -0.141. The summed E-state index contributed by atoms with van der Waals surface area (Å²) in [5, 5.41) is 9.15. The van der Waals surface area contributed by atoms with Crippen LogP contribution in [0, 0.1) is 5.92 Å². The second-order valence-electron chi connectivity index (χ2n) is 6.57. The number of sulfonamides is 1. The molecule has 0 fully saturated rings. The van der Waals surface area contributed by atoms with E-state index in [4.69, 9.17) is 5.11 Å². The zero-order valence-electron chi connectivity index (χ0n) is 14.5. The number of hydrogen-bond acceptors (Lipinski definition) is 4. The van der Waals surface area contributed by atoms with Gasteiger partial charge in [0, 0.05) is 25.2 Å². The number of hydrogen-bond donors (Lipinski definition) is 1. The lowest BCUT2D eigenvalue weighted by atomic mass is 9.99. The molecule has 1 atom stereocenters. The normalized spacial score (nSPS) is 16.5. The third kappa shape index (κ3) is 3.27. The van der Waals surface area contributed by atoms with Crippen LogP contribution in [0.3, 0.4) is 0 Å². The first-order chi connectivity index (χ1) is 12.2. The average Bonchev–Trinajstić information content (AvgIpc) is 3.04. The maximum Gasteiger partial charge on any atom is 0.307 e. The average molecular weight is 373 g/mol. The van der Waals surface area contributed by atoms with Crippen molar-refractivity contribution >= 4 is 21.8 Å². The summed E-state index contributed by atoms with van der Waals surface area (Å²) in [4.78, 5) is 24.0. The van der Waals surface area contributed by atoms with Crippen molar-refractivity contribution in [2.45, 2.75) is 17.7 Å². The minimum absolute atomic E-state index is 0.123. The van der Waals surface area contributed by atoms with Gasteiger partial charge in [0.25, 0.3) is 0 Å². The van der Waals surface area contributed by atoms with Crippen LogP contribution in [0.25, 0.3) is 0 Å². The van der Waals surface area contributed by atoms with Crippen LogP contribution in [0.4, 0.5) is 0 Å². The van der Waals surface area contributed by atoms with Crippen LogP contribution in [-0.4, -0.2) is 43.7 Å². The number of ketones is 1. The fourth-order valence-corrected chi connectivity index (χ4v) is 3.99. The van der Waals surface area contributed by atoms with Crippen LogP contribution in [0.2, 0.25) is 0 Å². The largest absolute Gasteiger partial charge is 0.481 e. The lowest BCUT2D eigenvalue weighted by Crippen LogP contribution is -2.22. The third-order valence-corrected chi connectivity index (χ3v) is 6.47. The van der Waals surface area contributed by atoms with Crippen molar-refractivity contribution in [1.82, 2.24) is 4.31 Å². The summed E-state index contributed by atoms with van der Waals surface area (Å²) in [5.41, 5.74) is 2.70. The van der Waals surface area contributed by atoms with Gasteiger partial charge in [0.05, 0.1) is 10.8 Å². The third-order valence-electron chi connectivity index (χ3n) is 4.65. The van der Waals surface area contributed by atoms with Gasteiger partial charge in [0.2, 0.25) is 10.0 Å². The molecular weight excluding hydrogens is 354 g/mol. The van der Waals surface area contributed by atoms with Gasteiger partial charge in [-0.05, 0) is 54.3 Å². The van der Waals surface area contributed by atoms with Gasteiger partial charge in [-0.2, -0.15) is 0 Å². The summed E-state index contributed by atoms with van der Waals surface area (Å²) in [5.74, 6) is -1.49. The molecule has 7 heteroatoms. The number of carbonyl (C=O) groups is 2. The Balaban J connectivity index is 1.85. The molecule has 1 N–H and O–H groups in total. The Morgan fingerprint density at radius 2 is 1.54 bits per heavy atom. The van der Waals surface area contributed by atoms with E-state index >= 15 is 0 Å². The van der Waals surface area contributed by atoms with Gasteiger partial charge in [0.1, 0.15) is 0 Å². The van der Waals surface area contributed by atoms with E-state index < -0.39 is 21.9 Å². The molecule has 0 radical (unpaired) electrons. The number of fused-ring (bicyclic) bond motifs is 1. The van der Waals surface area contributed by atoms with Crippen LogP contribution in [-0.2, 0) is 27.7 Å². The molecule has 0 aliphatic heterocycles. The van der Waals surface area contributed by atoms with E-state index in [0.717, 1.165) is 15.4 Å². The SMILES string of the molecule is CN(C)S(=O)(=O)c1ccc(C(=O)c2ccc3c(c2)CC(C(=O)O)C3)cc1. The predicted molar refractivity (Wildman–Crippen MR) is 95.7 cm³/mol. The Hall–Kier alpha value is -2.51. The Kier molecular flexibility index (Phi) is 4.68. The molecule has 2 aromatic carbocycles. The second kappa shape index (κ2) is 6.66. The number of aliphatic carboxylic acids is 1. The molecule has 0 saturated carbocycles. The lowest BCUT2D eigenvalue weighted by Gasteiger charge is -2.11. The molecule has 2 aromatic rings. The number of rotatable bonds is 5. The maximum atomic E-state index is 12.7. The molecule has 0 spiro atoms. The van der Waals surface area contributed by atoms with Gasteiger partial charge in [-0.15, -0.1) is 0 Å². The van der Waals surface area contributed by atoms with E-state index in [1.54, 1.807) is 18.2 Å². The van der Waals surface area contributed by atoms with Crippen molar-refractivity contribution in [2.75, 3.05) is 14.1 Å². The number of nitrogens with zero attached hydrogens (tertiary/aromatic N) is 1. The maximum absolute atomic E-state index is 12.7. The van der Waals surface area contributed by atoms with Crippen molar-refractivity contribution in [2.24, 2.45) is 5.92 Å². The standard InChI is InChI=1S/C19H19NO5S/c1-20(2)26(24,25)17-7-5-12(6-8-17)18(21)14-4-3-13-9-16(19(22)23)11-15(13)10-14/h3-8,10,16H,9,11H2,1-2H3,(H,22,23). The highest BCUT2D eigenvalue weighted by atomic mass is 32.2. The van der Waals surface area contributed by atoms with Crippen LogP contribution in [0.5, 0.6) is 0 Å². The smallest absolute Gasteiger partial charge is 0.307 e. The summed E-state index contributed by atoms with van der Waals surface area (Å²) in [6.45, 7) is 0. The predicted octanol–water partition coefficient (Wildman–Crippen LogP) is 1.97. The van der Waals surface area contributed by atoms with Crippen molar-refractivity contribution in [1.29, 1.82) is 0 Å². The van der Waals surface area contributed by atoms with Crippen LogP contribution in [0.15, 0.2) is 47.4 Å². The molecule has 0 heterocycles. The zero-order chi connectivity index (χ0) is 19.1. The molecule has 0 amide bonds. The Morgan fingerprint density at radius 1 is 0.962 bits per heavy atom. The number of carboxylic acids is 1. The first-order valence-electron chi connectivity index (χ1n) is 8.12. The Labute approximate surface area is 152 Å². The van der Waals surface area contributed by atoms with Crippen molar-refractivity contribution in [3.8, 4) is 0 Å². The van der Waals surface area contributed by atoms with Gasteiger partial charge >= 0.3 is 5.97 Å². The summed E-state index contributed by atoms with van der Waals surface area (Å²) in [6.07, 6.45) is 0.905. The summed E-state index contributed by atoms with van der Waals surface area (Å²) in [7, 11) is -0.644. The fraction of sp³-hybridized carbons (Fsp3) is 0.263. The van der Waals surface area contributed by atoms with Crippen molar-refractivity contribution < 1.29 is 23.1 Å². The Morgan fingerprint density at radius 3 is 2.12 bits per heavy atom. The van der Waals surface area contributed by atoms with Gasteiger partial charge in [-0.3, -0.25) is 9.59 Å². The van der Waals surface area contributed by atoms with E-state index in [1.165, 1.54) is 38.4 Å². The minimum atomic E-state index is -3.54. The van der Waals surface area contributed by atoms with Gasteiger partial charge < -0.3 is 5.11 Å². The molecule has 1 aliphatic rings. The highest BCUT2D eigenvalue weighted by Gasteiger charge is 2.27. The van der Waals surface area contributed by atoms with E-state index in [1.807, 2.05) is 0 Å². The molecule has 3 rings (SSSR count). The first-order valence-corrected chi connectivity index (χ1v) is 9.56. The number of carboxylic acid groups (broad SMARTS) is 1. The van der Waals surface area contributed by atoms with Gasteiger partial charge in [0.15, 0.2) is 5.78 Å². The monoisotopic (exact) mass is 373 g/mol. The van der Waals surface area contributed by atoms with Gasteiger partial charge in [-0.1, -0.05) is 12.1 Å². The second-order valence-corrected chi connectivity index (χ2v) is 8.72. The van der Waals surface area contributed by atoms with E-state index in [2.05, 4.69) is 0 Å². The van der Waals surface area contributed by atoms with Gasteiger partial charge in [-0.25, -0.2) is 12.7 Å². The Bertz CT molecular complexity index is 977. The van der Waals surface area contributed by atoms with Crippen molar-refractivity contribution in [3.63, 3.8) is 0 Å². The quantitative estimate of drug-likeness (QED) is 0.809. The van der Waals surface area contributed by atoms with E-state index in [9.17, 15) is 18.0 Å². The molecular formula is C19H19NO5S. The summed E-state index contributed by atoms with van der Waals surface area (Å²) >= 11 is 0. The summed E-state index contributed by atoms with van der Waals surface area (Å²) in [6, 6.07) is 11.0. The molecule has 0 saturated heterocycles. The molecule has 26 heavy (non-hydrogen) atoms. The van der Waals surface area contributed by atoms with E-state index in [-0.39, 0.29) is 10.7 Å².